The highest BCUT2D eigenvalue weighted by atomic mass is 16.5. The van der Waals surface area contributed by atoms with Crippen LogP contribution >= 0.6 is 0 Å². The summed E-state index contributed by atoms with van der Waals surface area (Å²) in [4.78, 5) is 43.2. The minimum atomic E-state index is -0.268. The van der Waals surface area contributed by atoms with Gasteiger partial charge >= 0.3 is 0 Å². The molecule has 0 N–H and O–H groups in total. The zero-order valence-corrected chi connectivity index (χ0v) is 21.8. The lowest BCUT2D eigenvalue weighted by Crippen LogP contribution is -2.44. The number of benzene rings is 3. The van der Waals surface area contributed by atoms with Gasteiger partial charge in [-0.05, 0) is 30.2 Å². The number of carbonyl (C=O) groups is 2. The van der Waals surface area contributed by atoms with Gasteiger partial charge in [-0.3, -0.25) is 14.4 Å². The van der Waals surface area contributed by atoms with Crippen molar-refractivity contribution in [3.63, 3.8) is 0 Å². The molecule has 38 heavy (non-hydrogen) atoms. The third-order valence-corrected chi connectivity index (χ3v) is 6.37. The average molecular weight is 513 g/mol. The van der Waals surface area contributed by atoms with E-state index in [1.165, 1.54) is 11.2 Å². The zero-order valence-electron chi connectivity index (χ0n) is 21.8. The summed E-state index contributed by atoms with van der Waals surface area (Å²) in [5, 5.41) is 0.481. The van der Waals surface area contributed by atoms with Gasteiger partial charge in [0.1, 0.15) is 5.58 Å². The van der Waals surface area contributed by atoms with Crippen LogP contribution in [0, 0.1) is 6.92 Å². The Kier molecular flexibility index (Phi) is 9.06. The van der Waals surface area contributed by atoms with Crippen LogP contribution in [0.25, 0.3) is 11.0 Å². The van der Waals surface area contributed by atoms with Crippen molar-refractivity contribution in [3.05, 3.63) is 118 Å². The second kappa shape index (κ2) is 12.8. The van der Waals surface area contributed by atoms with Crippen molar-refractivity contribution >= 4 is 22.8 Å². The highest BCUT2D eigenvalue weighted by Crippen LogP contribution is 2.16. The van der Waals surface area contributed by atoms with Gasteiger partial charge in [-0.25, -0.2) is 0 Å². The molecule has 4 aromatic rings. The van der Waals surface area contributed by atoms with Crippen LogP contribution in [0.4, 0.5) is 0 Å². The number of amides is 2. The van der Waals surface area contributed by atoms with Crippen molar-refractivity contribution in [2.45, 2.75) is 26.4 Å². The van der Waals surface area contributed by atoms with E-state index in [1.807, 2.05) is 73.7 Å². The van der Waals surface area contributed by atoms with Crippen molar-refractivity contribution in [1.82, 2.24) is 9.80 Å². The number of rotatable bonds is 11. The summed E-state index contributed by atoms with van der Waals surface area (Å²) in [7, 11) is 1.56. The molecule has 0 saturated carbocycles. The van der Waals surface area contributed by atoms with Crippen LogP contribution < -0.4 is 5.43 Å². The molecule has 0 atom stereocenters. The van der Waals surface area contributed by atoms with Gasteiger partial charge in [-0.15, -0.1) is 0 Å². The lowest BCUT2D eigenvalue weighted by Gasteiger charge is -2.28. The summed E-state index contributed by atoms with van der Waals surface area (Å²) >= 11 is 0. The van der Waals surface area contributed by atoms with Gasteiger partial charge < -0.3 is 19.0 Å². The number of nitrogens with zero attached hydrogens (tertiary/aromatic N) is 2. The Hall–Kier alpha value is -4.23. The first-order valence-electron chi connectivity index (χ1n) is 12.6. The molecule has 0 fully saturated rings. The van der Waals surface area contributed by atoms with Crippen LogP contribution in [0.2, 0.25) is 0 Å². The second-order valence-corrected chi connectivity index (χ2v) is 9.30. The van der Waals surface area contributed by atoms with Crippen LogP contribution in [0.1, 0.15) is 22.3 Å². The number of hydrogen-bond acceptors (Lipinski definition) is 5. The van der Waals surface area contributed by atoms with Crippen LogP contribution in [0.15, 0.2) is 94.3 Å². The average Bonchev–Trinajstić information content (AvgIpc) is 2.93. The second-order valence-electron chi connectivity index (χ2n) is 9.30. The maximum atomic E-state index is 13.7. The Bertz CT molecular complexity index is 1430. The molecule has 0 bridgehead atoms. The van der Waals surface area contributed by atoms with Crippen LogP contribution in [-0.2, 0) is 33.8 Å². The Labute approximate surface area is 222 Å². The molecule has 0 aliphatic rings. The largest absolute Gasteiger partial charge is 0.464 e. The summed E-state index contributed by atoms with van der Waals surface area (Å²) in [6.07, 6.45) is 1.61. The number of ether oxygens (including phenoxy) is 1. The topological polar surface area (TPSA) is 80.1 Å². The van der Waals surface area contributed by atoms with E-state index >= 15 is 0 Å². The van der Waals surface area contributed by atoms with E-state index in [1.54, 1.807) is 24.1 Å². The molecule has 0 spiro atoms. The van der Waals surface area contributed by atoms with Crippen molar-refractivity contribution in [2.75, 3.05) is 26.8 Å². The fourth-order valence-corrected chi connectivity index (χ4v) is 4.27. The quantitative estimate of drug-likeness (QED) is 0.299. The number of fused-ring (bicyclic) bond motifs is 1. The summed E-state index contributed by atoms with van der Waals surface area (Å²) in [6.45, 7) is 2.73. The van der Waals surface area contributed by atoms with Gasteiger partial charge in [0.2, 0.25) is 11.8 Å². The third-order valence-electron chi connectivity index (χ3n) is 6.37. The first-order chi connectivity index (χ1) is 18.4. The van der Waals surface area contributed by atoms with E-state index in [0.717, 1.165) is 16.7 Å². The zero-order chi connectivity index (χ0) is 26.9. The Balaban J connectivity index is 1.59. The molecular weight excluding hydrogens is 480 g/mol. The molecule has 0 aliphatic heterocycles. The van der Waals surface area contributed by atoms with Crippen molar-refractivity contribution in [2.24, 2.45) is 0 Å². The maximum Gasteiger partial charge on any atom is 0.242 e. The van der Waals surface area contributed by atoms with Gasteiger partial charge in [0.05, 0.1) is 43.3 Å². The lowest BCUT2D eigenvalue weighted by atomic mass is 10.1. The van der Waals surface area contributed by atoms with E-state index in [9.17, 15) is 14.4 Å². The van der Waals surface area contributed by atoms with Crippen LogP contribution in [0.3, 0.4) is 0 Å². The predicted octanol–water partition coefficient (Wildman–Crippen LogP) is 4.35. The van der Waals surface area contributed by atoms with Crippen LogP contribution in [-0.4, -0.2) is 48.4 Å². The molecule has 7 nitrogen and oxygen atoms in total. The van der Waals surface area contributed by atoms with E-state index in [2.05, 4.69) is 0 Å². The molecule has 196 valence electrons. The minimum absolute atomic E-state index is 0.0605. The first-order valence-corrected chi connectivity index (χ1v) is 12.6. The SMILES string of the molecule is COCCN(CC(=O)N(Cc1ccccc1)Cc1coc2ccc(C)cc2c1=O)C(=O)Cc1ccccc1. The van der Waals surface area contributed by atoms with E-state index in [0.29, 0.717) is 23.1 Å². The van der Waals surface area contributed by atoms with Crippen molar-refractivity contribution < 1.29 is 18.7 Å². The Morgan fingerprint density at radius 2 is 1.53 bits per heavy atom. The standard InChI is InChI=1S/C31H32N2O5/c1-23-13-14-28-27(17-23)31(36)26(22-38-28)20-33(19-25-11-7-4-8-12-25)30(35)21-32(15-16-37-2)29(34)18-24-9-5-3-6-10-24/h3-14,17,22H,15-16,18-21H2,1-2H3. The summed E-state index contributed by atoms with van der Waals surface area (Å²) in [5.41, 5.74) is 3.45. The molecule has 2 amide bonds. The lowest BCUT2D eigenvalue weighted by molar-refractivity contribution is -0.141. The normalized spacial score (nSPS) is 10.9. The van der Waals surface area contributed by atoms with Crippen molar-refractivity contribution in [3.8, 4) is 0 Å². The molecular formula is C31H32N2O5. The van der Waals surface area contributed by atoms with E-state index in [4.69, 9.17) is 9.15 Å². The van der Waals surface area contributed by atoms with Gasteiger partial charge in [-0.1, -0.05) is 72.3 Å². The van der Waals surface area contributed by atoms with Gasteiger partial charge in [-0.2, -0.15) is 0 Å². The fourth-order valence-electron chi connectivity index (χ4n) is 4.27. The smallest absolute Gasteiger partial charge is 0.242 e. The number of aryl methyl sites for hydroxylation is 1. The Morgan fingerprint density at radius 1 is 0.842 bits per heavy atom. The molecule has 3 aromatic carbocycles. The molecule has 1 aromatic heterocycles. The number of carbonyl (C=O) groups excluding carboxylic acids is 2. The first kappa shape index (κ1) is 26.8. The van der Waals surface area contributed by atoms with E-state index in [-0.39, 0.29) is 49.8 Å². The number of methoxy groups -OCH3 is 1. The van der Waals surface area contributed by atoms with E-state index < -0.39 is 0 Å². The molecule has 4 rings (SSSR count). The Morgan fingerprint density at radius 3 is 2.21 bits per heavy atom. The summed E-state index contributed by atoms with van der Waals surface area (Å²) < 4.78 is 10.9. The third kappa shape index (κ3) is 6.95. The monoisotopic (exact) mass is 512 g/mol. The number of hydrogen-bond donors (Lipinski definition) is 0. The summed E-state index contributed by atoms with van der Waals surface area (Å²) in [5.74, 6) is -0.433. The molecule has 0 saturated heterocycles. The van der Waals surface area contributed by atoms with Crippen molar-refractivity contribution in [1.29, 1.82) is 0 Å². The molecule has 0 unspecified atom stereocenters. The molecule has 0 radical (unpaired) electrons. The van der Waals surface area contributed by atoms with Gasteiger partial charge in [0.15, 0.2) is 5.43 Å². The minimum Gasteiger partial charge on any atom is -0.464 e. The highest BCUT2D eigenvalue weighted by molar-refractivity contribution is 5.86. The van der Waals surface area contributed by atoms with Crippen LogP contribution in [0.5, 0.6) is 0 Å². The molecule has 0 aliphatic carbocycles. The van der Waals surface area contributed by atoms with Gasteiger partial charge in [0, 0.05) is 20.2 Å². The fraction of sp³-hybridized carbons (Fsp3) is 0.258. The molecule has 1 heterocycles. The maximum absolute atomic E-state index is 13.7. The molecule has 7 heteroatoms. The predicted molar refractivity (Wildman–Crippen MR) is 147 cm³/mol. The summed E-state index contributed by atoms with van der Waals surface area (Å²) in [6, 6.07) is 24.4. The van der Waals surface area contributed by atoms with Gasteiger partial charge in [0.25, 0.3) is 0 Å². The highest BCUT2D eigenvalue weighted by Gasteiger charge is 2.23.